The molecule has 0 atom stereocenters. The largest absolute Gasteiger partial charge is 0.147 e. The van der Waals surface area contributed by atoms with E-state index in [1.165, 1.54) is 11.1 Å². The molecule has 0 aromatic heterocycles. The molecule has 0 aliphatic heterocycles. The van der Waals surface area contributed by atoms with Crippen molar-refractivity contribution in [2.24, 2.45) is 0 Å². The molecule has 0 N–H and O–H groups in total. The number of rotatable bonds is 2. The molecule has 2 aromatic carbocycles. The van der Waals surface area contributed by atoms with Gasteiger partial charge in [-0.25, -0.2) is 0 Å². The number of hydrogen-bond acceptors (Lipinski definition) is 0. The maximum absolute atomic E-state index is 3.69. The Labute approximate surface area is 105 Å². The maximum Gasteiger partial charge on any atom is 0.0644 e. The first kappa shape index (κ1) is 12.3. The van der Waals surface area contributed by atoms with Crippen LogP contribution in [0.4, 0.5) is 0 Å². The van der Waals surface area contributed by atoms with Crippen molar-refractivity contribution in [2.45, 2.75) is 4.83 Å². The van der Waals surface area contributed by atoms with E-state index in [4.69, 9.17) is 0 Å². The Balaban J connectivity index is 0.00000112. The standard InChI is InChI=1S/C13H11Br.ClH/c14-13(11-7-3-1-4-8-11)12-9-5-2-6-10-12;/h1-10,13H;1H. The summed E-state index contributed by atoms with van der Waals surface area (Å²) in [7, 11) is 0. The first-order valence-corrected chi connectivity index (χ1v) is 5.53. The van der Waals surface area contributed by atoms with Crippen LogP contribution in [0.15, 0.2) is 60.7 Å². The number of alkyl halides is 1. The molecule has 2 rings (SSSR count). The second-order valence-electron chi connectivity index (χ2n) is 3.18. The van der Waals surface area contributed by atoms with Gasteiger partial charge in [0.05, 0.1) is 4.83 Å². The number of hydrogen-bond donors (Lipinski definition) is 0. The summed E-state index contributed by atoms with van der Waals surface area (Å²) in [6, 6.07) is 20.8. The molecule has 0 spiro atoms. The zero-order chi connectivity index (χ0) is 9.80. The van der Waals surface area contributed by atoms with Crippen molar-refractivity contribution in [2.75, 3.05) is 0 Å². The summed E-state index contributed by atoms with van der Waals surface area (Å²) >= 11 is 3.69. The summed E-state index contributed by atoms with van der Waals surface area (Å²) in [5.41, 5.74) is 2.58. The molecule has 0 saturated heterocycles. The summed E-state index contributed by atoms with van der Waals surface area (Å²) < 4.78 is 0. The van der Waals surface area contributed by atoms with Crippen molar-refractivity contribution in [1.82, 2.24) is 0 Å². The van der Waals surface area contributed by atoms with Gasteiger partial charge in [0, 0.05) is 0 Å². The molecule has 0 saturated carbocycles. The lowest BCUT2D eigenvalue weighted by Gasteiger charge is -2.09. The van der Waals surface area contributed by atoms with E-state index in [2.05, 4.69) is 64.5 Å². The van der Waals surface area contributed by atoms with E-state index >= 15 is 0 Å². The van der Waals surface area contributed by atoms with Crippen LogP contribution in [0.2, 0.25) is 0 Å². The van der Waals surface area contributed by atoms with Crippen LogP contribution in [0, 0.1) is 0 Å². The van der Waals surface area contributed by atoms with Crippen LogP contribution in [-0.2, 0) is 0 Å². The van der Waals surface area contributed by atoms with E-state index in [1.54, 1.807) is 0 Å². The van der Waals surface area contributed by atoms with Crippen LogP contribution in [0.25, 0.3) is 0 Å². The third-order valence-corrected chi connectivity index (χ3v) is 3.24. The number of benzene rings is 2. The molecule has 0 aliphatic rings. The smallest absolute Gasteiger partial charge is 0.0644 e. The molecular formula is C13H12BrCl. The topological polar surface area (TPSA) is 0 Å². The van der Waals surface area contributed by atoms with Gasteiger partial charge in [0.15, 0.2) is 0 Å². The molecule has 0 amide bonds. The van der Waals surface area contributed by atoms with Gasteiger partial charge >= 0.3 is 0 Å². The van der Waals surface area contributed by atoms with E-state index in [0.29, 0.717) is 4.83 Å². The van der Waals surface area contributed by atoms with E-state index in [1.807, 2.05) is 12.1 Å². The summed E-state index contributed by atoms with van der Waals surface area (Å²) in [5, 5.41) is 0. The van der Waals surface area contributed by atoms with Crippen LogP contribution >= 0.6 is 28.3 Å². The second-order valence-corrected chi connectivity index (χ2v) is 4.10. The molecule has 0 aliphatic carbocycles. The average Bonchev–Trinajstić information content (AvgIpc) is 2.30. The minimum Gasteiger partial charge on any atom is -0.147 e. The highest BCUT2D eigenvalue weighted by Crippen LogP contribution is 2.29. The highest BCUT2D eigenvalue weighted by molar-refractivity contribution is 9.09. The molecule has 2 aromatic rings. The minimum absolute atomic E-state index is 0. The van der Waals surface area contributed by atoms with Gasteiger partial charge in [-0.1, -0.05) is 76.6 Å². The van der Waals surface area contributed by atoms with Gasteiger partial charge in [0.1, 0.15) is 0 Å². The zero-order valence-electron chi connectivity index (χ0n) is 8.14. The van der Waals surface area contributed by atoms with Crippen LogP contribution in [0.3, 0.4) is 0 Å². The van der Waals surface area contributed by atoms with E-state index in [0.717, 1.165) is 0 Å². The predicted octanol–water partition coefficient (Wildman–Crippen LogP) is 4.59. The van der Waals surface area contributed by atoms with Gasteiger partial charge in [0.25, 0.3) is 0 Å². The van der Waals surface area contributed by atoms with Crippen LogP contribution in [0.1, 0.15) is 16.0 Å². The Morgan fingerprint density at radius 1 is 0.667 bits per heavy atom. The Morgan fingerprint density at radius 3 is 1.33 bits per heavy atom. The average molecular weight is 284 g/mol. The Morgan fingerprint density at radius 2 is 1.00 bits per heavy atom. The molecule has 0 unspecified atom stereocenters. The van der Waals surface area contributed by atoms with Crippen molar-refractivity contribution >= 4 is 28.3 Å². The normalized spacial score (nSPS) is 9.73. The second kappa shape index (κ2) is 5.94. The molecule has 2 heteroatoms. The first-order chi connectivity index (χ1) is 6.88. The van der Waals surface area contributed by atoms with Crippen LogP contribution in [0.5, 0.6) is 0 Å². The number of halogens is 2. The third kappa shape index (κ3) is 3.08. The molecule has 0 radical (unpaired) electrons. The van der Waals surface area contributed by atoms with Crippen molar-refractivity contribution in [1.29, 1.82) is 0 Å². The first-order valence-electron chi connectivity index (χ1n) is 4.62. The summed E-state index contributed by atoms with van der Waals surface area (Å²) in [5.74, 6) is 0. The van der Waals surface area contributed by atoms with E-state index < -0.39 is 0 Å². The van der Waals surface area contributed by atoms with Crippen molar-refractivity contribution in [3.63, 3.8) is 0 Å². The zero-order valence-corrected chi connectivity index (χ0v) is 10.5. The lowest BCUT2D eigenvalue weighted by Crippen LogP contribution is -1.90. The molecule has 0 nitrogen and oxygen atoms in total. The third-order valence-electron chi connectivity index (χ3n) is 2.18. The van der Waals surface area contributed by atoms with Crippen molar-refractivity contribution in [3.8, 4) is 0 Å². The minimum atomic E-state index is 0. The fourth-order valence-electron chi connectivity index (χ4n) is 1.44. The lowest BCUT2D eigenvalue weighted by molar-refractivity contribution is 1.18. The van der Waals surface area contributed by atoms with Crippen LogP contribution < -0.4 is 0 Å². The molecule has 0 fully saturated rings. The van der Waals surface area contributed by atoms with Crippen molar-refractivity contribution in [3.05, 3.63) is 71.8 Å². The summed E-state index contributed by atoms with van der Waals surface area (Å²) in [6.07, 6.45) is 0. The van der Waals surface area contributed by atoms with Gasteiger partial charge in [-0.3, -0.25) is 0 Å². The van der Waals surface area contributed by atoms with Gasteiger partial charge in [-0.15, -0.1) is 12.4 Å². The fraction of sp³-hybridized carbons (Fsp3) is 0.0769. The quantitative estimate of drug-likeness (QED) is 0.707. The highest BCUT2D eigenvalue weighted by atomic mass is 79.9. The van der Waals surface area contributed by atoms with Gasteiger partial charge in [-0.2, -0.15) is 0 Å². The van der Waals surface area contributed by atoms with Gasteiger partial charge in [0.2, 0.25) is 0 Å². The molecular weight excluding hydrogens is 271 g/mol. The monoisotopic (exact) mass is 282 g/mol. The van der Waals surface area contributed by atoms with E-state index in [9.17, 15) is 0 Å². The summed E-state index contributed by atoms with van der Waals surface area (Å²) in [4.78, 5) is 0.296. The maximum atomic E-state index is 3.69. The Hall–Kier alpha value is -0.790. The van der Waals surface area contributed by atoms with Crippen LogP contribution in [-0.4, -0.2) is 0 Å². The highest BCUT2D eigenvalue weighted by Gasteiger charge is 2.07. The fourth-order valence-corrected chi connectivity index (χ4v) is 2.05. The molecule has 0 heterocycles. The Bertz CT molecular complexity index is 346. The van der Waals surface area contributed by atoms with Crippen molar-refractivity contribution < 1.29 is 0 Å². The predicted molar refractivity (Wildman–Crippen MR) is 70.9 cm³/mol. The van der Waals surface area contributed by atoms with Gasteiger partial charge < -0.3 is 0 Å². The molecule has 0 bridgehead atoms. The lowest BCUT2D eigenvalue weighted by atomic mass is 10.1. The molecule has 15 heavy (non-hydrogen) atoms. The molecule has 78 valence electrons. The Kier molecular flexibility index (Phi) is 4.86. The van der Waals surface area contributed by atoms with Gasteiger partial charge in [-0.05, 0) is 11.1 Å². The van der Waals surface area contributed by atoms with E-state index in [-0.39, 0.29) is 12.4 Å². The summed E-state index contributed by atoms with van der Waals surface area (Å²) in [6.45, 7) is 0. The SMILES string of the molecule is BrC(c1ccccc1)c1ccccc1.Cl.